The minimum atomic E-state index is -0.821. The van der Waals surface area contributed by atoms with E-state index in [-0.39, 0.29) is 17.3 Å². The van der Waals surface area contributed by atoms with Crippen molar-refractivity contribution in [1.29, 1.82) is 0 Å². The zero-order chi connectivity index (χ0) is 15.6. The van der Waals surface area contributed by atoms with Crippen LogP contribution in [0.15, 0.2) is 6.07 Å². The van der Waals surface area contributed by atoms with Crippen LogP contribution in [0.4, 0.5) is 5.82 Å². The standard InChI is InChI=1S/C15H25N3O2/c1-14(2,3)10-9-11(16-8-7-12(19)20)18-13(17-10)15(4,5)6/h9H,7-8H2,1-6H3,(H,19,20)(H,16,17,18). The van der Waals surface area contributed by atoms with E-state index in [9.17, 15) is 4.79 Å². The van der Waals surface area contributed by atoms with Crippen molar-refractivity contribution < 1.29 is 9.90 Å². The molecule has 1 aromatic rings. The van der Waals surface area contributed by atoms with Crippen LogP contribution in [0.3, 0.4) is 0 Å². The van der Waals surface area contributed by atoms with E-state index in [0.717, 1.165) is 11.5 Å². The lowest BCUT2D eigenvalue weighted by molar-refractivity contribution is -0.136. The van der Waals surface area contributed by atoms with Crippen LogP contribution in [-0.4, -0.2) is 27.6 Å². The third-order valence-corrected chi connectivity index (χ3v) is 2.81. The molecule has 1 aromatic heterocycles. The molecular weight excluding hydrogens is 254 g/mol. The molecule has 2 N–H and O–H groups in total. The van der Waals surface area contributed by atoms with Gasteiger partial charge in [-0.1, -0.05) is 41.5 Å². The van der Waals surface area contributed by atoms with Crippen molar-refractivity contribution >= 4 is 11.8 Å². The molecule has 0 bridgehead atoms. The highest BCUT2D eigenvalue weighted by atomic mass is 16.4. The van der Waals surface area contributed by atoms with Crippen LogP contribution in [0.2, 0.25) is 0 Å². The van der Waals surface area contributed by atoms with Gasteiger partial charge >= 0.3 is 5.97 Å². The van der Waals surface area contributed by atoms with Gasteiger partial charge in [-0.2, -0.15) is 0 Å². The Morgan fingerprint density at radius 2 is 1.75 bits per heavy atom. The predicted molar refractivity (Wildman–Crippen MR) is 80.2 cm³/mol. The first kappa shape index (κ1) is 16.4. The van der Waals surface area contributed by atoms with E-state index >= 15 is 0 Å². The number of hydrogen-bond acceptors (Lipinski definition) is 4. The molecule has 112 valence electrons. The van der Waals surface area contributed by atoms with Crippen LogP contribution >= 0.6 is 0 Å². The highest BCUT2D eigenvalue weighted by molar-refractivity contribution is 5.67. The summed E-state index contributed by atoms with van der Waals surface area (Å²) in [5.41, 5.74) is 0.728. The Kier molecular flexibility index (Phi) is 4.73. The average Bonchev–Trinajstić information content (AvgIpc) is 2.25. The fourth-order valence-corrected chi connectivity index (χ4v) is 1.55. The van der Waals surface area contributed by atoms with Crippen LogP contribution in [0.1, 0.15) is 59.5 Å². The molecule has 5 heteroatoms. The lowest BCUT2D eigenvalue weighted by Gasteiger charge is -2.24. The molecule has 5 nitrogen and oxygen atoms in total. The molecule has 1 rings (SSSR count). The Morgan fingerprint density at radius 3 is 2.20 bits per heavy atom. The molecule has 0 saturated heterocycles. The number of nitrogens with one attached hydrogen (secondary N) is 1. The Bertz CT molecular complexity index is 453. The van der Waals surface area contributed by atoms with Crippen molar-refractivity contribution in [2.75, 3.05) is 11.9 Å². The summed E-state index contributed by atoms with van der Waals surface area (Å²) in [6.07, 6.45) is 0.0692. The largest absolute Gasteiger partial charge is 0.481 e. The van der Waals surface area contributed by atoms with E-state index in [1.54, 1.807) is 0 Å². The summed E-state index contributed by atoms with van der Waals surface area (Å²) in [5.74, 6) is 0.637. The van der Waals surface area contributed by atoms with Gasteiger partial charge in [0.2, 0.25) is 0 Å². The van der Waals surface area contributed by atoms with Gasteiger partial charge in [-0.25, -0.2) is 9.97 Å². The van der Waals surface area contributed by atoms with E-state index in [0.29, 0.717) is 12.4 Å². The quantitative estimate of drug-likeness (QED) is 0.886. The number of carboxylic acid groups (broad SMARTS) is 1. The van der Waals surface area contributed by atoms with Gasteiger partial charge in [0, 0.05) is 23.4 Å². The fraction of sp³-hybridized carbons (Fsp3) is 0.667. The molecule has 0 radical (unpaired) electrons. The maximum atomic E-state index is 10.6. The molecule has 0 amide bonds. The third kappa shape index (κ3) is 4.79. The number of rotatable bonds is 4. The molecule has 0 atom stereocenters. The topological polar surface area (TPSA) is 75.1 Å². The fourth-order valence-electron chi connectivity index (χ4n) is 1.55. The van der Waals surface area contributed by atoms with E-state index in [2.05, 4.69) is 56.8 Å². The van der Waals surface area contributed by atoms with Gasteiger partial charge in [0.25, 0.3) is 0 Å². The Morgan fingerprint density at radius 1 is 1.15 bits per heavy atom. The number of aromatic nitrogens is 2. The van der Waals surface area contributed by atoms with Crippen LogP contribution in [0.25, 0.3) is 0 Å². The van der Waals surface area contributed by atoms with Gasteiger partial charge in [-0.15, -0.1) is 0 Å². The van der Waals surface area contributed by atoms with Crippen molar-refractivity contribution in [2.45, 2.75) is 58.8 Å². The molecule has 0 spiro atoms. The number of carboxylic acids is 1. The minimum absolute atomic E-state index is 0.0692. The van der Waals surface area contributed by atoms with Crippen molar-refractivity contribution in [1.82, 2.24) is 9.97 Å². The zero-order valence-electron chi connectivity index (χ0n) is 13.2. The van der Waals surface area contributed by atoms with Gasteiger partial charge in [0.05, 0.1) is 12.1 Å². The number of carbonyl (C=O) groups is 1. The summed E-state index contributed by atoms with van der Waals surface area (Å²) in [7, 11) is 0. The van der Waals surface area contributed by atoms with Crippen LogP contribution < -0.4 is 5.32 Å². The molecule has 0 unspecified atom stereocenters. The van der Waals surface area contributed by atoms with Gasteiger partial charge in [-0.05, 0) is 0 Å². The second-order valence-electron chi connectivity index (χ2n) is 7.03. The summed E-state index contributed by atoms with van der Waals surface area (Å²) in [6, 6.07) is 1.90. The highest BCUT2D eigenvalue weighted by Gasteiger charge is 2.23. The third-order valence-electron chi connectivity index (χ3n) is 2.81. The first-order chi connectivity index (χ1) is 9.00. The van der Waals surface area contributed by atoms with E-state index in [1.807, 2.05) is 6.07 Å². The number of aliphatic carboxylic acids is 1. The van der Waals surface area contributed by atoms with Crippen LogP contribution in [-0.2, 0) is 15.6 Å². The molecule has 0 fully saturated rings. The Labute approximate surface area is 120 Å². The predicted octanol–water partition coefficient (Wildman–Crippen LogP) is 2.96. The SMILES string of the molecule is CC(C)(C)c1cc(NCCC(=O)O)nc(C(C)(C)C)n1. The molecule has 0 saturated carbocycles. The number of anilines is 1. The lowest BCUT2D eigenvalue weighted by Crippen LogP contribution is -2.23. The summed E-state index contributed by atoms with van der Waals surface area (Å²) >= 11 is 0. The van der Waals surface area contributed by atoms with E-state index in [1.165, 1.54) is 0 Å². The van der Waals surface area contributed by atoms with E-state index in [4.69, 9.17) is 5.11 Å². The summed E-state index contributed by atoms with van der Waals surface area (Å²) in [6.45, 7) is 12.9. The molecule has 20 heavy (non-hydrogen) atoms. The summed E-state index contributed by atoms with van der Waals surface area (Å²) in [4.78, 5) is 19.7. The van der Waals surface area contributed by atoms with Crippen molar-refractivity contribution in [3.63, 3.8) is 0 Å². The smallest absolute Gasteiger partial charge is 0.305 e. The van der Waals surface area contributed by atoms with Gasteiger partial charge < -0.3 is 10.4 Å². The maximum Gasteiger partial charge on any atom is 0.305 e. The average molecular weight is 279 g/mol. The minimum Gasteiger partial charge on any atom is -0.481 e. The second kappa shape index (κ2) is 5.77. The molecule has 0 aliphatic heterocycles. The number of hydrogen-bond donors (Lipinski definition) is 2. The molecule has 0 aromatic carbocycles. The van der Waals surface area contributed by atoms with Crippen LogP contribution in [0.5, 0.6) is 0 Å². The Balaban J connectivity index is 3.08. The summed E-state index contributed by atoms with van der Waals surface area (Å²) in [5, 5.41) is 11.8. The van der Waals surface area contributed by atoms with Crippen molar-refractivity contribution in [2.24, 2.45) is 0 Å². The van der Waals surface area contributed by atoms with Gasteiger partial charge in [0.1, 0.15) is 11.6 Å². The van der Waals surface area contributed by atoms with Crippen LogP contribution in [0, 0.1) is 0 Å². The monoisotopic (exact) mass is 279 g/mol. The molecule has 1 heterocycles. The molecule has 0 aliphatic carbocycles. The van der Waals surface area contributed by atoms with Gasteiger partial charge in [0.15, 0.2) is 0 Å². The molecular formula is C15H25N3O2. The highest BCUT2D eigenvalue weighted by Crippen LogP contribution is 2.26. The lowest BCUT2D eigenvalue weighted by atomic mass is 9.90. The first-order valence-electron chi connectivity index (χ1n) is 6.86. The van der Waals surface area contributed by atoms with E-state index < -0.39 is 5.97 Å². The Hall–Kier alpha value is -1.65. The van der Waals surface area contributed by atoms with Crippen molar-refractivity contribution in [3.8, 4) is 0 Å². The first-order valence-corrected chi connectivity index (χ1v) is 6.86. The zero-order valence-corrected chi connectivity index (χ0v) is 13.2. The second-order valence-corrected chi connectivity index (χ2v) is 7.03. The molecule has 0 aliphatic rings. The van der Waals surface area contributed by atoms with Gasteiger partial charge in [-0.3, -0.25) is 4.79 Å². The van der Waals surface area contributed by atoms with Crippen molar-refractivity contribution in [3.05, 3.63) is 17.6 Å². The summed E-state index contributed by atoms with van der Waals surface area (Å²) < 4.78 is 0. The maximum absolute atomic E-state index is 10.6. The number of nitrogens with zero attached hydrogens (tertiary/aromatic N) is 2. The normalized spacial score (nSPS) is 12.3.